The quantitative estimate of drug-likeness (QED) is 0.420. The molecule has 1 heteroatoms. The van der Waals surface area contributed by atoms with Crippen molar-refractivity contribution >= 4 is 0 Å². The second-order valence-electron chi connectivity index (χ2n) is 5.65. The van der Waals surface area contributed by atoms with Gasteiger partial charge in [-0.2, -0.15) is 0 Å². The first-order valence-electron chi connectivity index (χ1n) is 8.15. The molecule has 0 aliphatic rings. The molecule has 0 unspecified atom stereocenters. The van der Waals surface area contributed by atoms with Gasteiger partial charge in [0.05, 0.1) is 6.10 Å². The number of aliphatic hydroxyl groups excluding tert-OH is 1. The molecule has 0 saturated carbocycles. The SMILES string of the molecule is C=C[C@H](c1ccccc1)[C@H](O)CCCCCCCCC. The smallest absolute Gasteiger partial charge is 0.0643 e. The van der Waals surface area contributed by atoms with Crippen molar-refractivity contribution in [2.75, 3.05) is 0 Å². The summed E-state index contributed by atoms with van der Waals surface area (Å²) in [4.78, 5) is 0. The third-order valence-corrected chi connectivity index (χ3v) is 3.96. The molecular formula is C19H30O. The van der Waals surface area contributed by atoms with E-state index in [9.17, 15) is 5.11 Å². The van der Waals surface area contributed by atoms with E-state index in [2.05, 4.69) is 25.6 Å². The summed E-state index contributed by atoms with van der Waals surface area (Å²) in [5, 5.41) is 10.3. The Kier molecular flexibility index (Phi) is 9.06. The molecule has 1 N–H and O–H groups in total. The van der Waals surface area contributed by atoms with Crippen molar-refractivity contribution in [2.45, 2.75) is 70.3 Å². The molecule has 0 spiro atoms. The van der Waals surface area contributed by atoms with Gasteiger partial charge in [-0.25, -0.2) is 0 Å². The van der Waals surface area contributed by atoms with Crippen molar-refractivity contribution in [3.63, 3.8) is 0 Å². The van der Waals surface area contributed by atoms with Crippen LogP contribution >= 0.6 is 0 Å². The summed E-state index contributed by atoms with van der Waals surface area (Å²) in [6.07, 6.45) is 11.5. The second-order valence-corrected chi connectivity index (χ2v) is 5.65. The van der Waals surface area contributed by atoms with Crippen molar-refractivity contribution in [2.24, 2.45) is 0 Å². The van der Waals surface area contributed by atoms with E-state index in [1.54, 1.807) is 0 Å². The summed E-state index contributed by atoms with van der Waals surface area (Å²) in [5.41, 5.74) is 1.16. The second kappa shape index (κ2) is 10.7. The van der Waals surface area contributed by atoms with E-state index in [4.69, 9.17) is 0 Å². The highest BCUT2D eigenvalue weighted by molar-refractivity contribution is 5.24. The maximum absolute atomic E-state index is 10.3. The van der Waals surface area contributed by atoms with Gasteiger partial charge in [0.25, 0.3) is 0 Å². The first-order chi connectivity index (χ1) is 9.79. The van der Waals surface area contributed by atoms with Gasteiger partial charge in [-0.15, -0.1) is 6.58 Å². The lowest BCUT2D eigenvalue weighted by Crippen LogP contribution is -2.16. The summed E-state index contributed by atoms with van der Waals surface area (Å²) in [6, 6.07) is 10.2. The fourth-order valence-electron chi connectivity index (χ4n) is 2.68. The molecule has 0 aliphatic heterocycles. The monoisotopic (exact) mass is 274 g/mol. The standard InChI is InChI=1S/C19H30O/c1-3-5-6-7-8-9-13-16-19(20)18(4-2)17-14-11-10-12-15-17/h4,10-12,14-15,18-20H,2-3,5-9,13,16H2,1H3/t18-,19-/m1/s1. The number of aliphatic hydroxyl groups is 1. The van der Waals surface area contributed by atoms with E-state index in [1.165, 1.54) is 38.5 Å². The van der Waals surface area contributed by atoms with Crippen LogP contribution in [0.2, 0.25) is 0 Å². The maximum atomic E-state index is 10.3. The summed E-state index contributed by atoms with van der Waals surface area (Å²) in [7, 11) is 0. The summed E-state index contributed by atoms with van der Waals surface area (Å²) >= 11 is 0. The lowest BCUT2D eigenvalue weighted by atomic mass is 9.90. The van der Waals surface area contributed by atoms with Crippen LogP contribution in [0.3, 0.4) is 0 Å². The first kappa shape index (κ1) is 17.0. The van der Waals surface area contributed by atoms with Crippen LogP contribution in [0, 0.1) is 0 Å². The zero-order valence-corrected chi connectivity index (χ0v) is 12.9. The zero-order valence-electron chi connectivity index (χ0n) is 12.9. The van der Waals surface area contributed by atoms with Crippen molar-refractivity contribution in [3.8, 4) is 0 Å². The molecule has 0 aromatic heterocycles. The minimum atomic E-state index is -0.300. The predicted octanol–water partition coefficient (Wildman–Crippen LogP) is 5.46. The Morgan fingerprint density at radius 1 is 1.00 bits per heavy atom. The molecule has 0 aliphatic carbocycles. The third-order valence-electron chi connectivity index (χ3n) is 3.96. The molecule has 0 saturated heterocycles. The molecule has 0 bridgehead atoms. The van der Waals surface area contributed by atoms with Gasteiger partial charge >= 0.3 is 0 Å². The Morgan fingerprint density at radius 3 is 2.20 bits per heavy atom. The van der Waals surface area contributed by atoms with Crippen molar-refractivity contribution in [3.05, 3.63) is 48.6 Å². The Bertz CT molecular complexity index is 344. The van der Waals surface area contributed by atoms with Gasteiger partial charge in [0.2, 0.25) is 0 Å². The Morgan fingerprint density at radius 2 is 1.60 bits per heavy atom. The van der Waals surface area contributed by atoms with Crippen LogP contribution in [-0.2, 0) is 0 Å². The minimum Gasteiger partial charge on any atom is -0.392 e. The third kappa shape index (κ3) is 6.38. The van der Waals surface area contributed by atoms with Crippen LogP contribution in [0.25, 0.3) is 0 Å². The van der Waals surface area contributed by atoms with Crippen molar-refractivity contribution in [1.82, 2.24) is 0 Å². The van der Waals surface area contributed by atoms with E-state index in [0.717, 1.165) is 18.4 Å². The van der Waals surface area contributed by atoms with E-state index >= 15 is 0 Å². The van der Waals surface area contributed by atoms with Gasteiger partial charge in [-0.3, -0.25) is 0 Å². The average Bonchev–Trinajstić information content (AvgIpc) is 2.48. The topological polar surface area (TPSA) is 20.2 Å². The van der Waals surface area contributed by atoms with Gasteiger partial charge in [0.1, 0.15) is 0 Å². The lowest BCUT2D eigenvalue weighted by molar-refractivity contribution is 0.145. The normalized spacial score (nSPS) is 13.9. The first-order valence-corrected chi connectivity index (χ1v) is 8.15. The van der Waals surface area contributed by atoms with Crippen LogP contribution in [0.5, 0.6) is 0 Å². The molecule has 112 valence electrons. The van der Waals surface area contributed by atoms with Crippen LogP contribution in [-0.4, -0.2) is 11.2 Å². The van der Waals surface area contributed by atoms with E-state index < -0.39 is 0 Å². The molecule has 0 radical (unpaired) electrons. The largest absolute Gasteiger partial charge is 0.392 e. The molecule has 0 heterocycles. The summed E-state index contributed by atoms with van der Waals surface area (Å²) in [5.74, 6) is 0.0660. The molecule has 1 aromatic rings. The number of benzene rings is 1. The van der Waals surface area contributed by atoms with Crippen molar-refractivity contribution in [1.29, 1.82) is 0 Å². The van der Waals surface area contributed by atoms with E-state index in [1.807, 2.05) is 24.3 Å². The lowest BCUT2D eigenvalue weighted by Gasteiger charge is -2.20. The molecule has 1 rings (SSSR count). The predicted molar refractivity (Wildman–Crippen MR) is 88.0 cm³/mol. The minimum absolute atomic E-state index is 0.0660. The maximum Gasteiger partial charge on any atom is 0.0643 e. The highest BCUT2D eigenvalue weighted by atomic mass is 16.3. The Hall–Kier alpha value is -1.08. The van der Waals surface area contributed by atoms with Gasteiger partial charge in [-0.1, -0.05) is 88.3 Å². The Balaban J connectivity index is 2.23. The highest BCUT2D eigenvalue weighted by Gasteiger charge is 2.17. The molecule has 1 aromatic carbocycles. The molecule has 0 fully saturated rings. The zero-order chi connectivity index (χ0) is 14.6. The average molecular weight is 274 g/mol. The van der Waals surface area contributed by atoms with Crippen LogP contribution < -0.4 is 0 Å². The molecule has 20 heavy (non-hydrogen) atoms. The molecular weight excluding hydrogens is 244 g/mol. The number of unbranched alkanes of at least 4 members (excludes halogenated alkanes) is 6. The summed E-state index contributed by atoms with van der Waals surface area (Å²) in [6.45, 7) is 6.12. The fourth-order valence-corrected chi connectivity index (χ4v) is 2.68. The van der Waals surface area contributed by atoms with E-state index in [0.29, 0.717) is 0 Å². The molecule has 2 atom stereocenters. The van der Waals surface area contributed by atoms with Gasteiger partial charge in [0.15, 0.2) is 0 Å². The van der Waals surface area contributed by atoms with Gasteiger partial charge < -0.3 is 5.11 Å². The number of hydrogen-bond donors (Lipinski definition) is 1. The van der Waals surface area contributed by atoms with Crippen LogP contribution in [0.15, 0.2) is 43.0 Å². The van der Waals surface area contributed by atoms with Crippen LogP contribution in [0.4, 0.5) is 0 Å². The fraction of sp³-hybridized carbons (Fsp3) is 0.579. The molecule has 0 amide bonds. The Labute approximate surface area is 124 Å². The van der Waals surface area contributed by atoms with E-state index in [-0.39, 0.29) is 12.0 Å². The van der Waals surface area contributed by atoms with Crippen LogP contribution in [0.1, 0.15) is 69.8 Å². The molecule has 1 nitrogen and oxygen atoms in total. The highest BCUT2D eigenvalue weighted by Crippen LogP contribution is 2.24. The van der Waals surface area contributed by atoms with Gasteiger partial charge in [-0.05, 0) is 12.0 Å². The summed E-state index contributed by atoms with van der Waals surface area (Å²) < 4.78 is 0. The van der Waals surface area contributed by atoms with Gasteiger partial charge in [0, 0.05) is 5.92 Å². The van der Waals surface area contributed by atoms with Crippen molar-refractivity contribution < 1.29 is 5.11 Å². The number of hydrogen-bond acceptors (Lipinski definition) is 1. The number of rotatable bonds is 11.